The molecule has 0 spiro atoms. The van der Waals surface area contributed by atoms with Gasteiger partial charge in [0.25, 0.3) is 5.91 Å². The molecule has 0 radical (unpaired) electrons. The molecule has 160 valence electrons. The molecule has 4 aromatic rings. The standard InChI is InChI=1S/C23H19N5O4/c1-24-22(30)32-21-26-18-10-9-14(12-19(18)27-21)23(31)17-8-3-2-7-16(17)20(29)28(23)13-15-6-4-5-11-25-15/h2-12,31H,13H2,1H3,(H,24,30)(H,26,27). The monoisotopic (exact) mass is 429 g/mol. The van der Waals surface area contributed by atoms with E-state index in [9.17, 15) is 14.7 Å². The molecule has 0 aliphatic carbocycles. The van der Waals surface area contributed by atoms with Crippen LogP contribution in [-0.2, 0) is 12.3 Å². The number of carbonyl (C=O) groups excluding carboxylic acids is 2. The van der Waals surface area contributed by atoms with Crippen LogP contribution in [0.1, 0.15) is 27.2 Å². The Balaban J connectivity index is 1.61. The number of benzene rings is 2. The van der Waals surface area contributed by atoms with Gasteiger partial charge in [0.2, 0.25) is 0 Å². The molecule has 0 saturated heterocycles. The molecule has 9 heteroatoms. The first-order chi connectivity index (χ1) is 15.5. The van der Waals surface area contributed by atoms with Crippen molar-refractivity contribution in [1.82, 2.24) is 25.2 Å². The molecule has 9 nitrogen and oxygen atoms in total. The van der Waals surface area contributed by atoms with Crippen molar-refractivity contribution in [2.75, 3.05) is 7.05 Å². The number of nitrogens with zero attached hydrogens (tertiary/aromatic N) is 3. The number of amides is 2. The van der Waals surface area contributed by atoms with Gasteiger partial charge in [0.05, 0.1) is 23.3 Å². The molecule has 2 amide bonds. The summed E-state index contributed by atoms with van der Waals surface area (Å²) in [6.45, 7) is 0.122. The second-order valence-corrected chi connectivity index (χ2v) is 7.34. The Hall–Kier alpha value is -4.24. The summed E-state index contributed by atoms with van der Waals surface area (Å²) < 4.78 is 5.06. The van der Waals surface area contributed by atoms with Gasteiger partial charge in [0, 0.05) is 29.9 Å². The smallest absolute Gasteiger partial charge is 0.375 e. The molecular weight excluding hydrogens is 410 g/mol. The van der Waals surface area contributed by atoms with Gasteiger partial charge in [0.15, 0.2) is 5.72 Å². The van der Waals surface area contributed by atoms with Gasteiger partial charge >= 0.3 is 12.1 Å². The number of aliphatic hydroxyl groups is 1. The van der Waals surface area contributed by atoms with Gasteiger partial charge in [-0.05, 0) is 30.3 Å². The summed E-state index contributed by atoms with van der Waals surface area (Å²) in [4.78, 5) is 37.6. The number of rotatable bonds is 4. The van der Waals surface area contributed by atoms with Crippen molar-refractivity contribution in [1.29, 1.82) is 0 Å². The van der Waals surface area contributed by atoms with Crippen molar-refractivity contribution >= 4 is 23.0 Å². The van der Waals surface area contributed by atoms with Crippen molar-refractivity contribution in [2.24, 2.45) is 0 Å². The Kier molecular flexibility index (Phi) is 4.60. The van der Waals surface area contributed by atoms with Crippen molar-refractivity contribution < 1.29 is 19.4 Å². The molecule has 0 bridgehead atoms. The number of aromatic nitrogens is 3. The number of pyridine rings is 1. The number of hydrogen-bond donors (Lipinski definition) is 3. The fourth-order valence-corrected chi connectivity index (χ4v) is 3.95. The average molecular weight is 429 g/mol. The summed E-state index contributed by atoms with van der Waals surface area (Å²) >= 11 is 0. The maximum atomic E-state index is 13.3. The normalized spacial score (nSPS) is 17.4. The molecule has 1 unspecified atom stereocenters. The molecule has 1 aliphatic heterocycles. The van der Waals surface area contributed by atoms with Crippen LogP contribution >= 0.6 is 0 Å². The Morgan fingerprint density at radius 3 is 2.78 bits per heavy atom. The first-order valence-corrected chi connectivity index (χ1v) is 9.94. The SMILES string of the molecule is CNC(=O)Oc1nc2ccc(C3(O)c4ccccc4C(=O)N3Cc3ccccn3)cc2[nH]1. The predicted molar refractivity (Wildman–Crippen MR) is 115 cm³/mol. The fraction of sp³-hybridized carbons (Fsp3) is 0.130. The van der Waals surface area contributed by atoms with Crippen LogP contribution in [0.5, 0.6) is 6.01 Å². The third-order valence-corrected chi connectivity index (χ3v) is 5.47. The van der Waals surface area contributed by atoms with Crippen molar-refractivity contribution in [2.45, 2.75) is 12.3 Å². The lowest BCUT2D eigenvalue weighted by atomic mass is 9.93. The number of H-pyrrole nitrogens is 1. The molecule has 2 aromatic heterocycles. The van der Waals surface area contributed by atoms with Gasteiger partial charge in [0.1, 0.15) is 0 Å². The summed E-state index contributed by atoms with van der Waals surface area (Å²) in [6, 6.07) is 17.5. The van der Waals surface area contributed by atoms with Crippen LogP contribution in [0.4, 0.5) is 4.79 Å². The summed E-state index contributed by atoms with van der Waals surface area (Å²) in [5.41, 5.74) is 1.41. The second kappa shape index (κ2) is 7.47. The van der Waals surface area contributed by atoms with E-state index < -0.39 is 11.8 Å². The number of ether oxygens (including phenoxy) is 1. The lowest BCUT2D eigenvalue weighted by Crippen LogP contribution is -2.44. The highest BCUT2D eigenvalue weighted by atomic mass is 16.6. The Morgan fingerprint density at radius 1 is 1.19 bits per heavy atom. The molecule has 3 N–H and O–H groups in total. The van der Waals surface area contributed by atoms with Gasteiger partial charge in [-0.3, -0.25) is 14.7 Å². The van der Waals surface area contributed by atoms with Gasteiger partial charge < -0.3 is 20.1 Å². The Labute approximate surface area is 182 Å². The van der Waals surface area contributed by atoms with Crippen LogP contribution in [0.25, 0.3) is 11.0 Å². The predicted octanol–water partition coefficient (Wildman–Crippen LogP) is 2.53. The molecule has 3 heterocycles. The summed E-state index contributed by atoms with van der Waals surface area (Å²) in [7, 11) is 1.45. The number of aromatic amines is 1. The highest BCUT2D eigenvalue weighted by Gasteiger charge is 2.49. The Morgan fingerprint density at radius 2 is 2.00 bits per heavy atom. The number of hydrogen-bond acceptors (Lipinski definition) is 6. The van der Waals surface area contributed by atoms with Crippen LogP contribution in [0.3, 0.4) is 0 Å². The third-order valence-electron chi connectivity index (χ3n) is 5.47. The number of fused-ring (bicyclic) bond motifs is 2. The lowest BCUT2D eigenvalue weighted by Gasteiger charge is -2.34. The zero-order valence-electron chi connectivity index (χ0n) is 17.1. The fourth-order valence-electron chi connectivity index (χ4n) is 3.95. The highest BCUT2D eigenvalue weighted by Crippen LogP contribution is 2.43. The van der Waals surface area contributed by atoms with Gasteiger partial charge in [-0.15, -0.1) is 0 Å². The number of carbonyl (C=O) groups is 2. The summed E-state index contributed by atoms with van der Waals surface area (Å²) in [6.07, 6.45) is 0.993. The Bertz CT molecular complexity index is 1340. The van der Waals surface area contributed by atoms with Gasteiger partial charge in [-0.2, -0.15) is 4.98 Å². The molecule has 32 heavy (non-hydrogen) atoms. The highest BCUT2D eigenvalue weighted by molar-refractivity contribution is 6.00. The maximum Gasteiger partial charge on any atom is 0.414 e. The summed E-state index contributed by atoms with van der Waals surface area (Å²) in [5, 5.41) is 14.4. The van der Waals surface area contributed by atoms with E-state index >= 15 is 0 Å². The summed E-state index contributed by atoms with van der Waals surface area (Å²) in [5.74, 6) is -0.290. The van der Waals surface area contributed by atoms with E-state index in [4.69, 9.17) is 4.74 Å². The van der Waals surface area contributed by atoms with E-state index in [-0.39, 0.29) is 18.5 Å². The largest absolute Gasteiger partial charge is 0.414 e. The molecule has 1 atom stereocenters. The van der Waals surface area contributed by atoms with Crippen LogP contribution in [0, 0.1) is 0 Å². The molecule has 5 rings (SSSR count). The molecule has 1 aliphatic rings. The van der Waals surface area contributed by atoms with E-state index in [0.29, 0.717) is 33.4 Å². The van der Waals surface area contributed by atoms with Crippen LogP contribution in [0.2, 0.25) is 0 Å². The molecule has 0 saturated carbocycles. The quantitative estimate of drug-likeness (QED) is 0.459. The molecule has 2 aromatic carbocycles. The van der Waals surface area contributed by atoms with Gasteiger partial charge in [-0.25, -0.2) is 4.79 Å². The number of nitrogens with one attached hydrogen (secondary N) is 2. The van der Waals surface area contributed by atoms with E-state index in [1.165, 1.54) is 11.9 Å². The first kappa shape index (κ1) is 19.7. The maximum absolute atomic E-state index is 13.3. The van der Waals surface area contributed by atoms with Gasteiger partial charge in [-0.1, -0.05) is 30.3 Å². The van der Waals surface area contributed by atoms with Crippen LogP contribution in [-0.4, -0.2) is 44.0 Å². The van der Waals surface area contributed by atoms with Crippen LogP contribution < -0.4 is 10.1 Å². The van der Waals surface area contributed by atoms with E-state index in [2.05, 4.69) is 20.3 Å². The zero-order valence-corrected chi connectivity index (χ0v) is 17.1. The third kappa shape index (κ3) is 3.07. The molecule has 0 fully saturated rings. The zero-order chi connectivity index (χ0) is 22.3. The minimum Gasteiger partial charge on any atom is -0.375 e. The van der Waals surface area contributed by atoms with Crippen molar-refractivity contribution in [3.63, 3.8) is 0 Å². The van der Waals surface area contributed by atoms with E-state index in [1.807, 2.05) is 6.07 Å². The lowest BCUT2D eigenvalue weighted by molar-refractivity contribution is -0.0547. The van der Waals surface area contributed by atoms with E-state index in [0.717, 1.165) is 0 Å². The minimum absolute atomic E-state index is 0.0247. The minimum atomic E-state index is -1.72. The second-order valence-electron chi connectivity index (χ2n) is 7.34. The first-order valence-electron chi connectivity index (χ1n) is 9.94. The topological polar surface area (TPSA) is 120 Å². The van der Waals surface area contributed by atoms with Crippen LogP contribution in [0.15, 0.2) is 66.9 Å². The van der Waals surface area contributed by atoms with E-state index in [1.54, 1.807) is 60.8 Å². The molecular formula is C23H19N5O4. The van der Waals surface area contributed by atoms with Crippen molar-refractivity contribution in [3.8, 4) is 6.01 Å². The number of imidazole rings is 1. The van der Waals surface area contributed by atoms with Crippen molar-refractivity contribution in [3.05, 3.63) is 89.2 Å². The average Bonchev–Trinajstić information content (AvgIpc) is 3.32.